The predicted molar refractivity (Wildman–Crippen MR) is 104 cm³/mol. The van der Waals surface area contributed by atoms with E-state index in [1.807, 2.05) is 59.2 Å². The van der Waals surface area contributed by atoms with Crippen LogP contribution in [0.5, 0.6) is 0 Å². The van der Waals surface area contributed by atoms with Crippen LogP contribution in [-0.2, 0) is 4.79 Å². The zero-order valence-electron chi connectivity index (χ0n) is 14.0. The molecular weight excluding hydrogens is 348 g/mol. The molecule has 1 heterocycles. The van der Waals surface area contributed by atoms with E-state index in [-0.39, 0.29) is 11.7 Å². The van der Waals surface area contributed by atoms with E-state index in [9.17, 15) is 9.59 Å². The third-order valence-corrected chi connectivity index (χ3v) is 4.48. The number of imidazole rings is 1. The van der Waals surface area contributed by atoms with Crippen LogP contribution < -0.4 is 10.6 Å². The van der Waals surface area contributed by atoms with E-state index in [2.05, 4.69) is 22.2 Å². The molecule has 0 saturated heterocycles. The summed E-state index contributed by atoms with van der Waals surface area (Å²) in [6.07, 6.45) is 1.54. The first-order valence-corrected chi connectivity index (χ1v) is 9.02. The normalized spacial score (nSPS) is 10.5. The minimum Gasteiger partial charge on any atom is -0.334 e. The Morgan fingerprint density at radius 3 is 2.62 bits per heavy atom. The van der Waals surface area contributed by atoms with Crippen LogP contribution in [0.1, 0.15) is 0 Å². The first-order valence-electron chi connectivity index (χ1n) is 8.03. The lowest BCUT2D eigenvalue weighted by molar-refractivity contribution is -0.117. The molecule has 0 fully saturated rings. The fourth-order valence-corrected chi connectivity index (χ4v) is 3.26. The summed E-state index contributed by atoms with van der Waals surface area (Å²) in [6.45, 7) is 3.81. The van der Waals surface area contributed by atoms with Gasteiger partial charge in [0.2, 0.25) is 5.91 Å². The van der Waals surface area contributed by atoms with E-state index in [0.29, 0.717) is 11.7 Å². The zero-order valence-corrected chi connectivity index (χ0v) is 14.8. The highest BCUT2D eigenvalue weighted by Gasteiger charge is 2.15. The van der Waals surface area contributed by atoms with Gasteiger partial charge in [0, 0.05) is 12.2 Å². The van der Waals surface area contributed by atoms with E-state index in [4.69, 9.17) is 0 Å². The van der Waals surface area contributed by atoms with Crippen molar-refractivity contribution in [3.05, 3.63) is 67.3 Å². The molecule has 132 valence electrons. The largest absolute Gasteiger partial charge is 0.334 e. The Balaban J connectivity index is 1.79. The molecule has 0 radical (unpaired) electrons. The number of thioether (sulfide) groups is 1. The van der Waals surface area contributed by atoms with Crippen molar-refractivity contribution >= 4 is 34.7 Å². The number of urea groups is 1. The summed E-state index contributed by atoms with van der Waals surface area (Å²) in [7, 11) is 0. The van der Waals surface area contributed by atoms with E-state index < -0.39 is 6.03 Å². The smallest absolute Gasteiger partial charge is 0.321 e. The quantitative estimate of drug-likeness (QED) is 0.519. The minimum atomic E-state index is -0.535. The summed E-state index contributed by atoms with van der Waals surface area (Å²) in [6, 6.07) is 17.1. The summed E-state index contributed by atoms with van der Waals surface area (Å²) >= 11 is 1.28. The lowest BCUT2D eigenvalue weighted by atomic mass is 10.3. The van der Waals surface area contributed by atoms with Crippen molar-refractivity contribution in [2.45, 2.75) is 5.16 Å². The molecule has 2 N–H and O–H groups in total. The first-order chi connectivity index (χ1) is 12.7. The molecule has 2 aromatic carbocycles. The van der Waals surface area contributed by atoms with E-state index in [1.165, 1.54) is 11.8 Å². The maximum atomic E-state index is 12.0. The average molecular weight is 366 g/mol. The molecular formula is C19H18N4O2S. The third kappa shape index (κ3) is 4.12. The number of imide groups is 1. The fourth-order valence-electron chi connectivity index (χ4n) is 2.43. The van der Waals surface area contributed by atoms with Crippen molar-refractivity contribution in [1.82, 2.24) is 20.2 Å². The number of aromatic nitrogens is 2. The number of nitrogens with zero attached hydrogens (tertiary/aromatic N) is 2. The van der Waals surface area contributed by atoms with Gasteiger partial charge >= 0.3 is 6.03 Å². The second kappa shape index (κ2) is 8.35. The minimum absolute atomic E-state index is 0.0810. The van der Waals surface area contributed by atoms with Crippen molar-refractivity contribution in [3.63, 3.8) is 0 Å². The third-order valence-electron chi connectivity index (χ3n) is 3.54. The van der Waals surface area contributed by atoms with Crippen molar-refractivity contribution in [3.8, 4) is 5.69 Å². The Kier molecular flexibility index (Phi) is 5.70. The Bertz CT molecular complexity index is 937. The van der Waals surface area contributed by atoms with Gasteiger partial charge < -0.3 is 5.32 Å². The summed E-state index contributed by atoms with van der Waals surface area (Å²) in [5, 5.41) is 5.48. The Morgan fingerprint density at radius 2 is 1.85 bits per heavy atom. The van der Waals surface area contributed by atoms with Gasteiger partial charge in [-0.25, -0.2) is 9.78 Å². The van der Waals surface area contributed by atoms with Gasteiger partial charge in [-0.05, 0) is 24.3 Å². The Labute approximate surface area is 155 Å². The molecule has 0 saturated carbocycles. The molecule has 0 spiro atoms. The maximum Gasteiger partial charge on any atom is 0.321 e. The van der Waals surface area contributed by atoms with E-state index >= 15 is 0 Å². The summed E-state index contributed by atoms with van der Waals surface area (Å²) in [5.74, 6) is -0.305. The molecule has 0 unspecified atom stereocenters. The van der Waals surface area contributed by atoms with Gasteiger partial charge in [0.25, 0.3) is 0 Å². The highest BCUT2D eigenvalue weighted by molar-refractivity contribution is 7.99. The number of carbonyl (C=O) groups excluding carboxylic acids is 2. The second-order valence-corrected chi connectivity index (χ2v) is 6.33. The van der Waals surface area contributed by atoms with Crippen LogP contribution >= 0.6 is 11.8 Å². The lowest BCUT2D eigenvalue weighted by Gasteiger charge is -2.09. The average Bonchev–Trinajstić information content (AvgIpc) is 3.04. The molecule has 26 heavy (non-hydrogen) atoms. The molecule has 7 heteroatoms. The Morgan fingerprint density at radius 1 is 1.12 bits per heavy atom. The molecule has 0 aliphatic heterocycles. The van der Waals surface area contributed by atoms with Crippen LogP contribution in [0.25, 0.3) is 16.7 Å². The van der Waals surface area contributed by atoms with E-state index in [0.717, 1.165) is 16.7 Å². The van der Waals surface area contributed by atoms with Gasteiger partial charge in [0.1, 0.15) is 0 Å². The number of carbonyl (C=O) groups is 2. The molecule has 0 atom stereocenters. The molecule has 0 aliphatic rings. The number of benzene rings is 2. The van der Waals surface area contributed by atoms with Crippen LogP contribution in [0, 0.1) is 0 Å². The standard InChI is InChI=1S/C19H18N4O2S/c1-2-12-20-18(25)22-17(24)13-26-19-21-15-10-6-7-11-16(15)23(19)14-8-4-3-5-9-14/h2-11H,1,12-13H2,(H2,20,22,24,25). The number of hydrogen-bond acceptors (Lipinski definition) is 4. The highest BCUT2D eigenvalue weighted by atomic mass is 32.2. The van der Waals surface area contributed by atoms with Crippen LogP contribution in [-0.4, -0.2) is 33.8 Å². The van der Waals surface area contributed by atoms with Gasteiger partial charge in [-0.3, -0.25) is 14.7 Å². The zero-order chi connectivity index (χ0) is 18.4. The lowest BCUT2D eigenvalue weighted by Crippen LogP contribution is -2.40. The van der Waals surface area contributed by atoms with Gasteiger partial charge in [0.15, 0.2) is 5.16 Å². The predicted octanol–water partition coefficient (Wildman–Crippen LogP) is 3.13. The summed E-state index contributed by atoms with van der Waals surface area (Å²) < 4.78 is 2.01. The fraction of sp³-hybridized carbons (Fsp3) is 0.105. The number of amides is 3. The number of fused-ring (bicyclic) bond motifs is 1. The SMILES string of the molecule is C=CCNC(=O)NC(=O)CSc1nc2ccccc2n1-c1ccccc1. The van der Waals surface area contributed by atoms with Crippen molar-refractivity contribution in [2.75, 3.05) is 12.3 Å². The molecule has 0 aliphatic carbocycles. The van der Waals surface area contributed by atoms with Crippen LogP contribution in [0.2, 0.25) is 0 Å². The van der Waals surface area contributed by atoms with Gasteiger partial charge in [-0.15, -0.1) is 6.58 Å². The first kappa shape index (κ1) is 17.8. The van der Waals surface area contributed by atoms with Crippen LogP contribution in [0.3, 0.4) is 0 Å². The number of hydrogen-bond donors (Lipinski definition) is 2. The van der Waals surface area contributed by atoms with Crippen molar-refractivity contribution < 1.29 is 9.59 Å². The van der Waals surface area contributed by atoms with Crippen molar-refractivity contribution in [2.24, 2.45) is 0 Å². The van der Waals surface area contributed by atoms with Crippen molar-refractivity contribution in [1.29, 1.82) is 0 Å². The van der Waals surface area contributed by atoms with Gasteiger partial charge in [-0.1, -0.05) is 48.2 Å². The molecule has 3 amide bonds. The topological polar surface area (TPSA) is 76.0 Å². The molecule has 6 nitrogen and oxygen atoms in total. The number of nitrogens with one attached hydrogen (secondary N) is 2. The van der Waals surface area contributed by atoms with Gasteiger partial charge in [-0.2, -0.15) is 0 Å². The number of para-hydroxylation sites is 3. The summed E-state index contributed by atoms with van der Waals surface area (Å²) in [5.41, 5.74) is 2.78. The molecule has 0 bridgehead atoms. The summed E-state index contributed by atoms with van der Waals surface area (Å²) in [4.78, 5) is 28.2. The highest BCUT2D eigenvalue weighted by Crippen LogP contribution is 2.27. The maximum absolute atomic E-state index is 12.0. The van der Waals surface area contributed by atoms with E-state index in [1.54, 1.807) is 6.08 Å². The number of rotatable bonds is 6. The van der Waals surface area contributed by atoms with Crippen LogP contribution in [0.15, 0.2) is 72.4 Å². The molecule has 3 aromatic rings. The molecule has 3 rings (SSSR count). The Hall–Kier alpha value is -3.06. The molecule has 1 aromatic heterocycles. The van der Waals surface area contributed by atoms with Gasteiger partial charge in [0.05, 0.1) is 16.8 Å². The monoisotopic (exact) mass is 366 g/mol. The van der Waals surface area contributed by atoms with Crippen LogP contribution in [0.4, 0.5) is 4.79 Å². The second-order valence-electron chi connectivity index (χ2n) is 5.39.